The molecule has 0 spiro atoms. The van der Waals surface area contributed by atoms with Crippen molar-refractivity contribution in [1.82, 2.24) is 10.2 Å². The maximum Gasteiger partial charge on any atom is 0.248 e. The first kappa shape index (κ1) is 15.9. The van der Waals surface area contributed by atoms with Gasteiger partial charge in [-0.05, 0) is 42.8 Å². The zero-order valence-electron chi connectivity index (χ0n) is 13.5. The first-order valence-electron chi connectivity index (χ1n) is 8.05. The van der Waals surface area contributed by atoms with E-state index in [4.69, 9.17) is 4.42 Å². The Labute approximate surface area is 140 Å². The molecular formula is C19H19N3O2. The van der Waals surface area contributed by atoms with Crippen molar-refractivity contribution in [3.63, 3.8) is 0 Å². The number of nitrogens with one attached hydrogen (secondary N) is 1. The van der Waals surface area contributed by atoms with Gasteiger partial charge in [-0.3, -0.25) is 4.79 Å². The summed E-state index contributed by atoms with van der Waals surface area (Å²) in [5, 5.41) is 11.1. The lowest BCUT2D eigenvalue weighted by Gasteiger charge is -2.04. The monoisotopic (exact) mass is 321 g/mol. The molecule has 1 amide bonds. The second kappa shape index (κ2) is 7.55. The average molecular weight is 321 g/mol. The number of hydrogen-bond donors (Lipinski definition) is 1. The van der Waals surface area contributed by atoms with Gasteiger partial charge in [0.05, 0.1) is 0 Å². The predicted octanol–water partition coefficient (Wildman–Crippen LogP) is 4.53. The number of nitrogens with zero attached hydrogens (tertiary/aromatic N) is 2. The third-order valence-electron chi connectivity index (χ3n) is 3.62. The molecule has 0 fully saturated rings. The van der Waals surface area contributed by atoms with Crippen molar-refractivity contribution in [1.29, 1.82) is 0 Å². The van der Waals surface area contributed by atoms with E-state index in [2.05, 4.69) is 22.4 Å². The summed E-state index contributed by atoms with van der Waals surface area (Å²) in [5.41, 5.74) is 2.47. The normalized spacial score (nSPS) is 10.5. The molecule has 1 aromatic heterocycles. The minimum Gasteiger partial charge on any atom is -0.416 e. The molecule has 0 saturated carbocycles. The van der Waals surface area contributed by atoms with Gasteiger partial charge in [0.2, 0.25) is 17.7 Å². The fourth-order valence-electron chi connectivity index (χ4n) is 2.29. The SMILES string of the molecule is CCCCC(=O)Nc1ccc(-c2nnc(-c3ccccc3)o2)cc1. The molecule has 0 unspecified atom stereocenters. The van der Waals surface area contributed by atoms with Gasteiger partial charge in [-0.2, -0.15) is 0 Å². The van der Waals surface area contributed by atoms with Crippen LogP contribution in [0.2, 0.25) is 0 Å². The van der Waals surface area contributed by atoms with E-state index in [0.717, 1.165) is 29.7 Å². The van der Waals surface area contributed by atoms with Crippen molar-refractivity contribution < 1.29 is 9.21 Å². The topological polar surface area (TPSA) is 68.0 Å². The number of rotatable bonds is 6. The van der Waals surface area contributed by atoms with Crippen molar-refractivity contribution in [3.05, 3.63) is 54.6 Å². The molecule has 0 aliphatic heterocycles. The lowest BCUT2D eigenvalue weighted by atomic mass is 10.2. The maximum atomic E-state index is 11.7. The Morgan fingerprint density at radius 1 is 0.958 bits per heavy atom. The Bertz CT molecular complexity index is 795. The highest BCUT2D eigenvalue weighted by Gasteiger charge is 2.10. The molecule has 0 atom stereocenters. The van der Waals surface area contributed by atoms with E-state index in [9.17, 15) is 4.79 Å². The molecule has 2 aromatic carbocycles. The molecule has 0 bridgehead atoms. The van der Waals surface area contributed by atoms with Gasteiger partial charge in [-0.1, -0.05) is 31.5 Å². The number of carbonyl (C=O) groups excluding carboxylic acids is 1. The summed E-state index contributed by atoms with van der Waals surface area (Å²) < 4.78 is 5.72. The predicted molar refractivity (Wildman–Crippen MR) is 93.3 cm³/mol. The molecule has 0 aliphatic carbocycles. The third kappa shape index (κ3) is 3.87. The van der Waals surface area contributed by atoms with E-state index in [1.807, 2.05) is 54.6 Å². The standard InChI is InChI=1S/C19H19N3O2/c1-2-3-9-17(23)20-16-12-10-15(11-13-16)19-22-21-18(24-19)14-7-5-4-6-8-14/h4-8,10-13H,2-3,9H2,1H3,(H,20,23). The van der Waals surface area contributed by atoms with E-state index in [-0.39, 0.29) is 5.91 Å². The largest absolute Gasteiger partial charge is 0.416 e. The zero-order valence-corrected chi connectivity index (χ0v) is 13.5. The van der Waals surface area contributed by atoms with Crippen molar-refractivity contribution >= 4 is 11.6 Å². The van der Waals surface area contributed by atoms with E-state index in [1.165, 1.54) is 0 Å². The molecule has 122 valence electrons. The number of aromatic nitrogens is 2. The summed E-state index contributed by atoms with van der Waals surface area (Å²) >= 11 is 0. The molecule has 3 rings (SSSR count). The molecule has 1 N–H and O–H groups in total. The molecular weight excluding hydrogens is 302 g/mol. The lowest BCUT2D eigenvalue weighted by Crippen LogP contribution is -2.10. The third-order valence-corrected chi connectivity index (χ3v) is 3.62. The van der Waals surface area contributed by atoms with Crippen LogP contribution in [-0.2, 0) is 4.79 Å². The highest BCUT2D eigenvalue weighted by Crippen LogP contribution is 2.24. The van der Waals surface area contributed by atoms with Crippen LogP contribution in [0.1, 0.15) is 26.2 Å². The Hall–Kier alpha value is -2.95. The summed E-state index contributed by atoms with van der Waals surface area (Å²) in [5.74, 6) is 0.981. The molecule has 1 heterocycles. The van der Waals surface area contributed by atoms with Crippen LogP contribution in [0.5, 0.6) is 0 Å². The quantitative estimate of drug-likeness (QED) is 0.724. The van der Waals surface area contributed by atoms with Crippen LogP contribution in [0.3, 0.4) is 0 Å². The summed E-state index contributed by atoms with van der Waals surface area (Å²) in [6, 6.07) is 17.0. The fraction of sp³-hybridized carbons (Fsp3) is 0.211. The van der Waals surface area contributed by atoms with Crippen LogP contribution in [0.4, 0.5) is 5.69 Å². The van der Waals surface area contributed by atoms with Gasteiger partial charge in [-0.15, -0.1) is 10.2 Å². The van der Waals surface area contributed by atoms with Gasteiger partial charge in [0, 0.05) is 23.2 Å². The second-order valence-electron chi connectivity index (χ2n) is 5.51. The van der Waals surface area contributed by atoms with E-state index >= 15 is 0 Å². The zero-order chi connectivity index (χ0) is 16.8. The maximum absolute atomic E-state index is 11.7. The van der Waals surface area contributed by atoms with E-state index < -0.39 is 0 Å². The Balaban J connectivity index is 1.70. The summed E-state index contributed by atoms with van der Waals surface area (Å²) in [6.45, 7) is 2.07. The van der Waals surface area contributed by atoms with Crippen molar-refractivity contribution in [2.75, 3.05) is 5.32 Å². The van der Waals surface area contributed by atoms with Crippen LogP contribution in [0.25, 0.3) is 22.9 Å². The number of unbranched alkanes of at least 4 members (excludes halogenated alkanes) is 1. The molecule has 0 radical (unpaired) electrons. The van der Waals surface area contributed by atoms with Gasteiger partial charge in [0.1, 0.15) is 0 Å². The van der Waals surface area contributed by atoms with Gasteiger partial charge in [-0.25, -0.2) is 0 Å². The lowest BCUT2D eigenvalue weighted by molar-refractivity contribution is -0.116. The molecule has 5 nitrogen and oxygen atoms in total. The van der Waals surface area contributed by atoms with Gasteiger partial charge in [0.25, 0.3) is 0 Å². The number of anilines is 1. The Morgan fingerprint density at radius 3 is 2.21 bits per heavy atom. The molecule has 3 aromatic rings. The number of amides is 1. The first-order chi connectivity index (χ1) is 11.8. The summed E-state index contributed by atoms with van der Waals surface area (Å²) in [4.78, 5) is 11.7. The van der Waals surface area contributed by atoms with Crippen LogP contribution >= 0.6 is 0 Å². The van der Waals surface area contributed by atoms with Crippen LogP contribution in [0.15, 0.2) is 59.0 Å². The molecule has 24 heavy (non-hydrogen) atoms. The van der Waals surface area contributed by atoms with Gasteiger partial charge >= 0.3 is 0 Å². The number of benzene rings is 2. The molecule has 0 saturated heterocycles. The second-order valence-corrected chi connectivity index (χ2v) is 5.51. The van der Waals surface area contributed by atoms with Crippen LogP contribution in [0, 0.1) is 0 Å². The van der Waals surface area contributed by atoms with Crippen LogP contribution in [-0.4, -0.2) is 16.1 Å². The fourth-order valence-corrected chi connectivity index (χ4v) is 2.29. The summed E-state index contributed by atoms with van der Waals surface area (Å²) in [7, 11) is 0. The minimum absolute atomic E-state index is 0.0359. The molecule has 5 heteroatoms. The van der Waals surface area contributed by atoms with Crippen molar-refractivity contribution in [2.24, 2.45) is 0 Å². The minimum atomic E-state index is 0.0359. The summed E-state index contributed by atoms with van der Waals surface area (Å²) in [6.07, 6.45) is 2.45. The Morgan fingerprint density at radius 2 is 1.58 bits per heavy atom. The van der Waals surface area contributed by atoms with Crippen molar-refractivity contribution in [2.45, 2.75) is 26.2 Å². The highest BCUT2D eigenvalue weighted by atomic mass is 16.4. The average Bonchev–Trinajstić information content (AvgIpc) is 3.11. The van der Waals surface area contributed by atoms with Gasteiger partial charge in [0.15, 0.2) is 0 Å². The van der Waals surface area contributed by atoms with E-state index in [1.54, 1.807) is 0 Å². The molecule has 0 aliphatic rings. The van der Waals surface area contributed by atoms with Crippen LogP contribution < -0.4 is 5.32 Å². The smallest absolute Gasteiger partial charge is 0.248 e. The van der Waals surface area contributed by atoms with E-state index in [0.29, 0.717) is 18.2 Å². The first-order valence-corrected chi connectivity index (χ1v) is 8.05. The van der Waals surface area contributed by atoms with Crippen molar-refractivity contribution in [3.8, 4) is 22.9 Å². The Kier molecular flexibility index (Phi) is 5.01. The van der Waals surface area contributed by atoms with Gasteiger partial charge < -0.3 is 9.73 Å². The number of carbonyl (C=O) groups is 1. The highest BCUT2D eigenvalue weighted by molar-refractivity contribution is 5.90. The number of hydrogen-bond acceptors (Lipinski definition) is 4.